The Bertz CT molecular complexity index is 1170. The molecule has 0 unspecified atom stereocenters. The number of thiazole rings is 1. The van der Waals surface area contributed by atoms with Gasteiger partial charge in [-0.25, -0.2) is 4.98 Å². The molecule has 29 heavy (non-hydrogen) atoms. The number of aromatic nitrogens is 2. The van der Waals surface area contributed by atoms with E-state index in [0.717, 1.165) is 21.3 Å². The molecule has 4 nitrogen and oxygen atoms in total. The van der Waals surface area contributed by atoms with Crippen molar-refractivity contribution in [1.82, 2.24) is 9.97 Å². The molecular formula is C24H21N3OS. The van der Waals surface area contributed by atoms with Crippen molar-refractivity contribution in [1.29, 1.82) is 0 Å². The van der Waals surface area contributed by atoms with Gasteiger partial charge in [0.1, 0.15) is 0 Å². The number of nitrogens with zero attached hydrogens (tertiary/aromatic N) is 3. The number of anilines is 1. The Morgan fingerprint density at radius 2 is 1.93 bits per heavy atom. The van der Waals surface area contributed by atoms with Gasteiger partial charge in [-0.3, -0.25) is 14.7 Å². The van der Waals surface area contributed by atoms with E-state index < -0.39 is 0 Å². The second kappa shape index (κ2) is 8.37. The highest BCUT2D eigenvalue weighted by Crippen LogP contribution is 2.33. The molecule has 0 spiro atoms. The molecule has 0 aliphatic rings. The minimum Gasteiger partial charge on any atom is -0.280 e. The first-order valence-electron chi connectivity index (χ1n) is 9.41. The van der Waals surface area contributed by atoms with Crippen molar-refractivity contribution >= 4 is 38.7 Å². The van der Waals surface area contributed by atoms with Gasteiger partial charge in [0.15, 0.2) is 5.13 Å². The van der Waals surface area contributed by atoms with Crippen molar-refractivity contribution in [3.63, 3.8) is 0 Å². The largest absolute Gasteiger partial charge is 0.280 e. The quantitative estimate of drug-likeness (QED) is 0.413. The van der Waals surface area contributed by atoms with Crippen LogP contribution in [0.25, 0.3) is 16.3 Å². The molecule has 4 aromatic rings. The van der Waals surface area contributed by atoms with Gasteiger partial charge in [-0.15, -0.1) is 0 Å². The second-order valence-corrected chi connectivity index (χ2v) is 7.93. The van der Waals surface area contributed by atoms with E-state index in [1.807, 2.05) is 48.5 Å². The Morgan fingerprint density at radius 1 is 1.10 bits per heavy atom. The maximum atomic E-state index is 13.1. The van der Waals surface area contributed by atoms with Crippen LogP contribution in [0, 0.1) is 13.8 Å². The summed E-state index contributed by atoms with van der Waals surface area (Å²) in [5, 5.41) is 0.695. The standard InChI is InChI=1S/C24H21N3OS/c1-17-13-18(2)23-21(14-17)26-24(29-23)27(16-20-9-6-12-25-15-20)22(28)11-10-19-7-4-3-5-8-19/h3-15H,16H2,1-2H3/b11-10+. The van der Waals surface area contributed by atoms with E-state index in [1.54, 1.807) is 34.7 Å². The number of benzene rings is 2. The van der Waals surface area contributed by atoms with Gasteiger partial charge < -0.3 is 0 Å². The minimum atomic E-state index is -0.105. The number of pyridine rings is 1. The smallest absolute Gasteiger partial charge is 0.253 e. The predicted octanol–water partition coefficient (Wildman–Crippen LogP) is 5.55. The molecule has 0 atom stereocenters. The van der Waals surface area contributed by atoms with E-state index in [1.165, 1.54) is 11.1 Å². The van der Waals surface area contributed by atoms with Crippen LogP contribution in [0.3, 0.4) is 0 Å². The summed E-state index contributed by atoms with van der Waals surface area (Å²) in [6.45, 7) is 4.57. The molecule has 0 N–H and O–H groups in total. The molecule has 0 radical (unpaired) electrons. The van der Waals surface area contributed by atoms with Crippen molar-refractivity contribution in [3.8, 4) is 0 Å². The maximum absolute atomic E-state index is 13.1. The molecule has 0 aliphatic carbocycles. The van der Waals surface area contributed by atoms with E-state index in [0.29, 0.717) is 11.7 Å². The number of rotatable bonds is 5. The maximum Gasteiger partial charge on any atom is 0.253 e. The highest BCUT2D eigenvalue weighted by Gasteiger charge is 2.19. The van der Waals surface area contributed by atoms with E-state index in [-0.39, 0.29) is 5.91 Å². The zero-order chi connectivity index (χ0) is 20.2. The van der Waals surface area contributed by atoms with Crippen LogP contribution in [0.15, 0.2) is 73.1 Å². The van der Waals surface area contributed by atoms with Crippen LogP contribution >= 0.6 is 11.3 Å². The summed E-state index contributed by atoms with van der Waals surface area (Å²) < 4.78 is 1.11. The molecular weight excluding hydrogens is 378 g/mol. The van der Waals surface area contributed by atoms with Crippen LogP contribution in [0.5, 0.6) is 0 Å². The fourth-order valence-corrected chi connectivity index (χ4v) is 4.24. The number of aryl methyl sites for hydroxylation is 2. The van der Waals surface area contributed by atoms with Gasteiger partial charge in [-0.2, -0.15) is 0 Å². The topological polar surface area (TPSA) is 46.1 Å². The molecule has 0 saturated heterocycles. The monoisotopic (exact) mass is 399 g/mol. The lowest BCUT2D eigenvalue weighted by molar-refractivity contribution is -0.114. The van der Waals surface area contributed by atoms with Gasteiger partial charge in [0, 0.05) is 18.5 Å². The van der Waals surface area contributed by atoms with Crippen molar-refractivity contribution in [2.45, 2.75) is 20.4 Å². The van der Waals surface area contributed by atoms with Crippen LogP contribution in [-0.2, 0) is 11.3 Å². The van der Waals surface area contributed by atoms with Gasteiger partial charge >= 0.3 is 0 Å². The van der Waals surface area contributed by atoms with E-state index >= 15 is 0 Å². The molecule has 2 aromatic carbocycles. The van der Waals surface area contributed by atoms with Crippen molar-refractivity contribution in [2.75, 3.05) is 4.90 Å². The molecule has 2 heterocycles. The third kappa shape index (κ3) is 4.41. The van der Waals surface area contributed by atoms with E-state index in [2.05, 4.69) is 31.0 Å². The summed E-state index contributed by atoms with van der Waals surface area (Å²) in [4.78, 5) is 23.8. The van der Waals surface area contributed by atoms with Crippen LogP contribution in [0.1, 0.15) is 22.3 Å². The summed E-state index contributed by atoms with van der Waals surface area (Å²) in [5.74, 6) is -0.105. The first kappa shape index (κ1) is 19.0. The predicted molar refractivity (Wildman–Crippen MR) is 120 cm³/mol. The Hall–Kier alpha value is -3.31. The molecule has 0 aliphatic heterocycles. The Balaban J connectivity index is 1.71. The molecule has 0 bridgehead atoms. The average molecular weight is 400 g/mol. The van der Waals surface area contributed by atoms with Gasteiger partial charge in [0.25, 0.3) is 5.91 Å². The Morgan fingerprint density at radius 3 is 2.69 bits per heavy atom. The Labute approximate surface area is 174 Å². The lowest BCUT2D eigenvalue weighted by atomic mass is 10.1. The van der Waals surface area contributed by atoms with Crippen molar-refractivity contribution < 1.29 is 4.79 Å². The average Bonchev–Trinajstić information content (AvgIpc) is 3.16. The van der Waals surface area contributed by atoms with E-state index in [9.17, 15) is 4.79 Å². The number of hydrogen-bond acceptors (Lipinski definition) is 4. The molecule has 0 fully saturated rings. The van der Waals surface area contributed by atoms with Crippen LogP contribution in [-0.4, -0.2) is 15.9 Å². The summed E-state index contributed by atoms with van der Waals surface area (Å²) in [6.07, 6.45) is 6.95. The number of amides is 1. The molecule has 2 aromatic heterocycles. The third-order valence-electron chi connectivity index (χ3n) is 4.59. The van der Waals surface area contributed by atoms with Crippen molar-refractivity contribution in [2.24, 2.45) is 0 Å². The van der Waals surface area contributed by atoms with Gasteiger partial charge in [0.05, 0.1) is 16.8 Å². The molecule has 1 amide bonds. The highest BCUT2D eigenvalue weighted by molar-refractivity contribution is 7.22. The molecule has 5 heteroatoms. The number of hydrogen-bond donors (Lipinski definition) is 0. The second-order valence-electron chi connectivity index (χ2n) is 6.96. The van der Waals surface area contributed by atoms with Crippen molar-refractivity contribution in [3.05, 3.63) is 95.3 Å². The van der Waals surface area contributed by atoms with Crippen LogP contribution < -0.4 is 4.90 Å². The summed E-state index contributed by atoms with van der Waals surface area (Å²) in [6, 6.07) is 17.9. The zero-order valence-electron chi connectivity index (χ0n) is 16.4. The number of carbonyl (C=O) groups excluding carboxylic acids is 1. The first-order valence-corrected chi connectivity index (χ1v) is 10.2. The number of carbonyl (C=O) groups is 1. The van der Waals surface area contributed by atoms with Gasteiger partial charge in [-0.1, -0.05) is 53.8 Å². The molecule has 0 saturated carbocycles. The van der Waals surface area contributed by atoms with Crippen LogP contribution in [0.2, 0.25) is 0 Å². The molecule has 144 valence electrons. The highest BCUT2D eigenvalue weighted by atomic mass is 32.1. The fraction of sp³-hybridized carbons (Fsp3) is 0.125. The molecule has 4 rings (SSSR count). The lowest BCUT2D eigenvalue weighted by Crippen LogP contribution is -2.28. The van der Waals surface area contributed by atoms with Gasteiger partial charge in [0.2, 0.25) is 0 Å². The summed E-state index contributed by atoms with van der Waals surface area (Å²) in [5.41, 5.74) is 5.22. The van der Waals surface area contributed by atoms with E-state index in [4.69, 9.17) is 4.98 Å². The normalized spacial score (nSPS) is 11.2. The summed E-state index contributed by atoms with van der Waals surface area (Å²) in [7, 11) is 0. The lowest BCUT2D eigenvalue weighted by Gasteiger charge is -2.18. The van der Waals surface area contributed by atoms with Gasteiger partial charge in [-0.05, 0) is 54.3 Å². The van der Waals surface area contributed by atoms with Crippen LogP contribution in [0.4, 0.5) is 5.13 Å². The number of fused-ring (bicyclic) bond motifs is 1. The minimum absolute atomic E-state index is 0.105. The fourth-order valence-electron chi connectivity index (χ4n) is 3.22. The Kier molecular flexibility index (Phi) is 5.49. The SMILES string of the molecule is Cc1cc(C)c2sc(N(Cc3cccnc3)C(=O)/C=C/c3ccccc3)nc2c1. The third-order valence-corrected chi connectivity index (χ3v) is 5.82. The summed E-state index contributed by atoms with van der Waals surface area (Å²) >= 11 is 1.55. The zero-order valence-corrected chi connectivity index (χ0v) is 17.2. The first-order chi connectivity index (χ1) is 14.1.